The molecule has 1 saturated carbocycles. The molecular weight excluding hydrogens is 252 g/mol. The smallest absolute Gasteiger partial charge is 0.227 e. The Kier molecular flexibility index (Phi) is 3.02. The van der Waals surface area contributed by atoms with E-state index in [0.717, 1.165) is 44.3 Å². The number of aromatic amines is 1. The molecule has 1 amide bonds. The van der Waals surface area contributed by atoms with E-state index in [0.29, 0.717) is 11.9 Å². The number of carbonyl (C=O) groups is 1. The highest BCUT2D eigenvalue weighted by Gasteiger charge is 2.42. The van der Waals surface area contributed by atoms with Crippen molar-refractivity contribution in [2.45, 2.75) is 38.3 Å². The number of imidazole rings is 1. The van der Waals surface area contributed by atoms with Gasteiger partial charge in [0.05, 0.1) is 12.5 Å². The molecule has 1 aliphatic carbocycles. The van der Waals surface area contributed by atoms with E-state index < -0.39 is 0 Å². The molecule has 5 heteroatoms. The fourth-order valence-electron chi connectivity index (χ4n) is 3.67. The number of fused-ring (bicyclic) bond motifs is 4. The first-order valence-electron chi connectivity index (χ1n) is 7.80. The van der Waals surface area contributed by atoms with Crippen LogP contribution in [0.3, 0.4) is 0 Å². The largest absolute Gasteiger partial charge is 0.348 e. The van der Waals surface area contributed by atoms with Crippen LogP contribution in [-0.2, 0) is 11.3 Å². The van der Waals surface area contributed by atoms with Crippen LogP contribution in [0.1, 0.15) is 31.5 Å². The van der Waals surface area contributed by atoms with E-state index in [9.17, 15) is 4.79 Å². The number of amides is 1. The van der Waals surface area contributed by atoms with Gasteiger partial charge in [-0.2, -0.15) is 0 Å². The number of rotatable bonds is 4. The summed E-state index contributed by atoms with van der Waals surface area (Å²) >= 11 is 0. The minimum absolute atomic E-state index is 0.211. The molecule has 3 aliphatic heterocycles. The molecule has 1 N–H and O–H groups in total. The quantitative estimate of drug-likeness (QED) is 0.899. The van der Waals surface area contributed by atoms with Gasteiger partial charge in [-0.3, -0.25) is 9.69 Å². The van der Waals surface area contributed by atoms with Gasteiger partial charge in [0, 0.05) is 38.1 Å². The molecule has 4 aliphatic rings. The molecule has 4 heterocycles. The zero-order chi connectivity index (χ0) is 13.5. The zero-order valence-corrected chi connectivity index (χ0v) is 11.8. The molecule has 1 aromatic heterocycles. The Labute approximate surface area is 119 Å². The predicted octanol–water partition coefficient (Wildman–Crippen LogP) is 1.24. The van der Waals surface area contributed by atoms with Gasteiger partial charge in [-0.1, -0.05) is 0 Å². The van der Waals surface area contributed by atoms with Crippen molar-refractivity contribution in [2.75, 3.05) is 19.6 Å². The summed E-state index contributed by atoms with van der Waals surface area (Å²) < 4.78 is 0. The molecule has 108 valence electrons. The molecule has 20 heavy (non-hydrogen) atoms. The van der Waals surface area contributed by atoms with Crippen LogP contribution in [0, 0.1) is 11.8 Å². The average molecular weight is 274 g/mol. The van der Waals surface area contributed by atoms with E-state index >= 15 is 0 Å². The van der Waals surface area contributed by atoms with Crippen molar-refractivity contribution in [3.8, 4) is 0 Å². The minimum atomic E-state index is 0.211. The van der Waals surface area contributed by atoms with Crippen LogP contribution >= 0.6 is 0 Å². The van der Waals surface area contributed by atoms with Crippen LogP contribution in [0.4, 0.5) is 0 Å². The summed E-state index contributed by atoms with van der Waals surface area (Å²) in [4.78, 5) is 24.7. The first-order valence-corrected chi connectivity index (χ1v) is 7.80. The fourth-order valence-corrected chi connectivity index (χ4v) is 3.67. The fraction of sp³-hybridized carbons (Fsp3) is 0.733. The lowest BCUT2D eigenvalue weighted by Gasteiger charge is -2.36. The molecule has 0 spiro atoms. The Morgan fingerprint density at radius 2 is 2.15 bits per heavy atom. The summed E-state index contributed by atoms with van der Waals surface area (Å²) in [6, 6.07) is 0.428. The Morgan fingerprint density at radius 3 is 2.90 bits per heavy atom. The first-order chi connectivity index (χ1) is 9.79. The lowest BCUT2D eigenvalue weighted by atomic mass is 9.94. The number of hydrogen-bond donors (Lipinski definition) is 1. The molecule has 2 bridgehead atoms. The van der Waals surface area contributed by atoms with Gasteiger partial charge in [0.1, 0.15) is 5.82 Å². The van der Waals surface area contributed by atoms with Crippen molar-refractivity contribution in [3.63, 3.8) is 0 Å². The number of aromatic nitrogens is 2. The first kappa shape index (κ1) is 12.4. The second kappa shape index (κ2) is 4.88. The standard InChI is InChI=1S/C15H22N4O/c20-15-12-3-4-13(19(15)7-11-1-2-11)9-18(8-12)10-14-16-5-6-17-14/h5-6,11-13H,1-4,7-10H2,(H,16,17)/t12-,13+/m0/s1. The molecule has 0 radical (unpaired) electrons. The Hall–Kier alpha value is -1.36. The number of nitrogens with zero attached hydrogens (tertiary/aromatic N) is 3. The van der Waals surface area contributed by atoms with Crippen LogP contribution in [0.5, 0.6) is 0 Å². The van der Waals surface area contributed by atoms with Gasteiger partial charge in [-0.25, -0.2) is 4.98 Å². The predicted molar refractivity (Wildman–Crippen MR) is 74.8 cm³/mol. The van der Waals surface area contributed by atoms with E-state index in [1.807, 2.05) is 6.20 Å². The lowest BCUT2D eigenvalue weighted by molar-refractivity contribution is -0.140. The van der Waals surface area contributed by atoms with Gasteiger partial charge >= 0.3 is 0 Å². The van der Waals surface area contributed by atoms with E-state index in [4.69, 9.17) is 0 Å². The maximum absolute atomic E-state index is 12.6. The van der Waals surface area contributed by atoms with Crippen LogP contribution in [0.25, 0.3) is 0 Å². The number of hydrogen-bond acceptors (Lipinski definition) is 3. The van der Waals surface area contributed by atoms with Crippen molar-refractivity contribution in [1.29, 1.82) is 0 Å². The zero-order valence-electron chi connectivity index (χ0n) is 11.8. The lowest BCUT2D eigenvalue weighted by Crippen LogP contribution is -2.48. The summed E-state index contributed by atoms with van der Waals surface area (Å²) in [6.45, 7) is 3.76. The number of H-pyrrole nitrogens is 1. The van der Waals surface area contributed by atoms with E-state index in [-0.39, 0.29) is 5.92 Å². The van der Waals surface area contributed by atoms with Crippen LogP contribution in [-0.4, -0.2) is 51.4 Å². The third kappa shape index (κ3) is 2.35. The maximum Gasteiger partial charge on any atom is 0.227 e. The second-order valence-electron chi connectivity index (χ2n) is 6.59. The van der Waals surface area contributed by atoms with Gasteiger partial charge in [0.25, 0.3) is 0 Å². The van der Waals surface area contributed by atoms with Gasteiger partial charge in [0.15, 0.2) is 0 Å². The van der Waals surface area contributed by atoms with Crippen LogP contribution in [0.2, 0.25) is 0 Å². The molecule has 0 aromatic carbocycles. The third-order valence-corrected chi connectivity index (χ3v) is 4.95. The van der Waals surface area contributed by atoms with Crippen LogP contribution < -0.4 is 0 Å². The molecule has 2 atom stereocenters. The third-order valence-electron chi connectivity index (χ3n) is 4.95. The molecule has 0 unspecified atom stereocenters. The molecular formula is C15H22N4O. The summed E-state index contributed by atoms with van der Waals surface area (Å²) in [5.74, 6) is 2.42. The highest BCUT2D eigenvalue weighted by atomic mass is 16.2. The Bertz CT molecular complexity index is 482. The maximum atomic E-state index is 12.6. The normalized spacial score (nSPS) is 30.8. The highest BCUT2D eigenvalue weighted by Crippen LogP contribution is 2.35. The van der Waals surface area contributed by atoms with Crippen molar-refractivity contribution in [1.82, 2.24) is 19.8 Å². The SMILES string of the molecule is O=C1[C@H]2CC[C@H](CN(Cc3ncc[nH]3)C2)N1CC1CC1. The number of piperidine rings is 1. The monoisotopic (exact) mass is 274 g/mol. The van der Waals surface area contributed by atoms with E-state index in [1.165, 1.54) is 19.3 Å². The number of carbonyl (C=O) groups excluding carboxylic acids is 1. The second-order valence-corrected chi connectivity index (χ2v) is 6.59. The van der Waals surface area contributed by atoms with E-state index in [1.54, 1.807) is 6.20 Å². The van der Waals surface area contributed by atoms with Gasteiger partial charge in [0.2, 0.25) is 5.91 Å². The Morgan fingerprint density at radius 1 is 1.25 bits per heavy atom. The van der Waals surface area contributed by atoms with Crippen molar-refractivity contribution in [2.24, 2.45) is 11.8 Å². The van der Waals surface area contributed by atoms with Crippen molar-refractivity contribution in [3.05, 3.63) is 18.2 Å². The molecule has 4 fully saturated rings. The minimum Gasteiger partial charge on any atom is -0.348 e. The summed E-state index contributed by atoms with van der Waals surface area (Å²) in [6.07, 6.45) is 8.55. The summed E-state index contributed by atoms with van der Waals surface area (Å²) in [7, 11) is 0. The van der Waals surface area contributed by atoms with Gasteiger partial charge in [-0.15, -0.1) is 0 Å². The van der Waals surface area contributed by atoms with E-state index in [2.05, 4.69) is 19.8 Å². The molecule has 5 nitrogen and oxygen atoms in total. The van der Waals surface area contributed by atoms with Crippen LogP contribution in [0.15, 0.2) is 12.4 Å². The van der Waals surface area contributed by atoms with Gasteiger partial charge in [-0.05, 0) is 31.6 Å². The summed E-state index contributed by atoms with van der Waals surface area (Å²) in [5, 5.41) is 0. The molecule has 5 rings (SSSR count). The van der Waals surface area contributed by atoms with Gasteiger partial charge < -0.3 is 9.88 Å². The molecule has 1 aromatic rings. The molecule has 3 saturated heterocycles. The van der Waals surface area contributed by atoms with Crippen molar-refractivity contribution < 1.29 is 4.79 Å². The highest BCUT2D eigenvalue weighted by molar-refractivity contribution is 5.80. The van der Waals surface area contributed by atoms with Crippen molar-refractivity contribution >= 4 is 5.91 Å². The summed E-state index contributed by atoms with van der Waals surface area (Å²) in [5.41, 5.74) is 0. The topological polar surface area (TPSA) is 52.2 Å². The Balaban J connectivity index is 1.48. The average Bonchev–Trinajstić information content (AvgIpc) is 3.17. The number of nitrogens with one attached hydrogen (secondary N) is 1.